The number of carbonyl (C=O) groups excluding carboxylic acids is 1. The number of hydrogen-bond donors (Lipinski definition) is 2. The largest absolute Gasteiger partial charge is 0.444 e. The van der Waals surface area contributed by atoms with Gasteiger partial charge in [-0.2, -0.15) is 0 Å². The molecule has 1 amide bonds. The van der Waals surface area contributed by atoms with Gasteiger partial charge in [0.15, 0.2) is 0 Å². The fourth-order valence-corrected chi connectivity index (χ4v) is 3.43. The highest BCUT2D eigenvalue weighted by Gasteiger charge is 2.32. The monoisotopic (exact) mass is 311 g/mol. The lowest BCUT2D eigenvalue weighted by atomic mass is 9.96. The summed E-state index contributed by atoms with van der Waals surface area (Å²) in [6.07, 6.45) is 5.59. The number of likely N-dealkylation sites (tertiary alicyclic amines) is 1. The zero-order valence-electron chi connectivity index (χ0n) is 14.7. The topological polar surface area (TPSA) is 53.6 Å². The molecule has 0 saturated carbocycles. The van der Waals surface area contributed by atoms with Gasteiger partial charge in [-0.25, -0.2) is 4.79 Å². The lowest BCUT2D eigenvalue weighted by Gasteiger charge is -2.39. The summed E-state index contributed by atoms with van der Waals surface area (Å²) in [5.74, 6) is 0. The Morgan fingerprint density at radius 3 is 2.64 bits per heavy atom. The van der Waals surface area contributed by atoms with Crippen molar-refractivity contribution in [2.45, 2.75) is 83.5 Å². The molecule has 2 rings (SSSR count). The second kappa shape index (κ2) is 7.64. The van der Waals surface area contributed by atoms with Crippen molar-refractivity contribution in [3.8, 4) is 0 Å². The lowest BCUT2D eigenvalue weighted by Crippen LogP contribution is -2.52. The summed E-state index contributed by atoms with van der Waals surface area (Å²) in [4.78, 5) is 14.1. The molecule has 2 aliphatic rings. The van der Waals surface area contributed by atoms with E-state index in [-0.39, 0.29) is 12.1 Å². The minimum Gasteiger partial charge on any atom is -0.444 e. The molecule has 0 aliphatic carbocycles. The van der Waals surface area contributed by atoms with Gasteiger partial charge < -0.3 is 20.3 Å². The third-order valence-electron chi connectivity index (χ3n) is 4.55. The van der Waals surface area contributed by atoms with Crippen molar-refractivity contribution in [2.75, 3.05) is 19.6 Å². The maximum Gasteiger partial charge on any atom is 0.410 e. The average Bonchev–Trinajstić information content (AvgIpc) is 2.65. The summed E-state index contributed by atoms with van der Waals surface area (Å²) in [6.45, 7) is 10.9. The molecule has 2 saturated heterocycles. The molecule has 2 heterocycles. The van der Waals surface area contributed by atoms with Crippen LogP contribution in [-0.4, -0.2) is 54.4 Å². The lowest BCUT2D eigenvalue weighted by molar-refractivity contribution is 0.00894. The van der Waals surface area contributed by atoms with Crippen LogP contribution in [0.3, 0.4) is 0 Å². The molecule has 3 unspecified atom stereocenters. The van der Waals surface area contributed by atoms with Crippen LogP contribution in [0.1, 0.15) is 59.8 Å². The number of nitrogens with zero attached hydrogens (tertiary/aromatic N) is 1. The van der Waals surface area contributed by atoms with Crippen LogP contribution in [0.15, 0.2) is 0 Å². The first-order chi connectivity index (χ1) is 10.3. The number of rotatable bonds is 2. The first kappa shape index (κ1) is 17.5. The van der Waals surface area contributed by atoms with E-state index in [0.717, 1.165) is 32.5 Å². The molecule has 2 fully saturated rings. The molecule has 3 atom stereocenters. The standard InChI is InChI=1S/C17H33N3O2/c1-13-12-15(19-14-6-5-9-18-10-7-14)8-11-20(13)16(21)22-17(2,3)4/h13-15,18-19H,5-12H2,1-4H3. The van der Waals surface area contributed by atoms with E-state index in [1.54, 1.807) is 0 Å². The highest BCUT2D eigenvalue weighted by atomic mass is 16.6. The first-order valence-corrected chi connectivity index (χ1v) is 8.81. The number of ether oxygens (including phenoxy) is 1. The second-order valence-electron chi connectivity index (χ2n) is 7.79. The van der Waals surface area contributed by atoms with Gasteiger partial charge in [0.1, 0.15) is 5.60 Å². The highest BCUT2D eigenvalue weighted by Crippen LogP contribution is 2.21. The van der Waals surface area contributed by atoms with Crippen molar-refractivity contribution in [1.29, 1.82) is 0 Å². The molecular weight excluding hydrogens is 278 g/mol. The van der Waals surface area contributed by atoms with Gasteiger partial charge >= 0.3 is 6.09 Å². The summed E-state index contributed by atoms with van der Waals surface area (Å²) < 4.78 is 5.51. The van der Waals surface area contributed by atoms with Crippen molar-refractivity contribution >= 4 is 6.09 Å². The molecule has 0 radical (unpaired) electrons. The van der Waals surface area contributed by atoms with Gasteiger partial charge in [0.05, 0.1) is 0 Å². The van der Waals surface area contributed by atoms with Crippen LogP contribution in [-0.2, 0) is 4.74 Å². The van der Waals surface area contributed by atoms with Gasteiger partial charge in [-0.05, 0) is 72.9 Å². The van der Waals surface area contributed by atoms with Crippen molar-refractivity contribution < 1.29 is 9.53 Å². The van der Waals surface area contributed by atoms with E-state index in [1.807, 2.05) is 25.7 Å². The van der Waals surface area contributed by atoms with Crippen molar-refractivity contribution in [3.63, 3.8) is 0 Å². The quantitative estimate of drug-likeness (QED) is 0.823. The maximum absolute atomic E-state index is 12.2. The Balaban J connectivity index is 1.80. The zero-order valence-corrected chi connectivity index (χ0v) is 14.7. The van der Waals surface area contributed by atoms with E-state index in [0.29, 0.717) is 12.1 Å². The molecule has 0 aromatic heterocycles. The smallest absolute Gasteiger partial charge is 0.410 e. The fourth-order valence-electron chi connectivity index (χ4n) is 3.43. The Morgan fingerprint density at radius 2 is 1.95 bits per heavy atom. The SMILES string of the molecule is CC1CC(NC2CCCNCC2)CCN1C(=O)OC(C)(C)C. The summed E-state index contributed by atoms with van der Waals surface area (Å²) in [5, 5.41) is 7.27. The summed E-state index contributed by atoms with van der Waals surface area (Å²) in [5.41, 5.74) is -0.417. The van der Waals surface area contributed by atoms with Crippen LogP contribution in [0.5, 0.6) is 0 Å². The third kappa shape index (κ3) is 5.43. The Kier molecular flexibility index (Phi) is 6.09. The zero-order chi connectivity index (χ0) is 16.2. The molecule has 128 valence electrons. The average molecular weight is 311 g/mol. The van der Waals surface area contributed by atoms with Crippen LogP contribution in [0.25, 0.3) is 0 Å². The predicted molar refractivity (Wildman–Crippen MR) is 89.1 cm³/mol. The predicted octanol–water partition coefficient (Wildman–Crippen LogP) is 2.51. The molecule has 5 nitrogen and oxygen atoms in total. The van der Waals surface area contributed by atoms with E-state index in [1.165, 1.54) is 19.3 Å². The molecule has 2 N–H and O–H groups in total. The number of carbonyl (C=O) groups is 1. The van der Waals surface area contributed by atoms with Crippen LogP contribution in [0.2, 0.25) is 0 Å². The minimum absolute atomic E-state index is 0.169. The van der Waals surface area contributed by atoms with E-state index in [4.69, 9.17) is 4.74 Å². The second-order valence-corrected chi connectivity index (χ2v) is 7.79. The molecule has 0 aromatic rings. The molecule has 2 aliphatic heterocycles. The van der Waals surface area contributed by atoms with Gasteiger partial charge in [0, 0.05) is 24.7 Å². The van der Waals surface area contributed by atoms with E-state index in [9.17, 15) is 4.79 Å². The van der Waals surface area contributed by atoms with Crippen LogP contribution >= 0.6 is 0 Å². The van der Waals surface area contributed by atoms with Gasteiger partial charge in [-0.3, -0.25) is 0 Å². The Bertz CT molecular complexity index is 359. The van der Waals surface area contributed by atoms with Gasteiger partial charge in [-0.15, -0.1) is 0 Å². The molecular formula is C17H33N3O2. The normalized spacial score (nSPS) is 30.7. The summed E-state index contributed by atoms with van der Waals surface area (Å²) in [6, 6.07) is 1.39. The molecule has 0 aromatic carbocycles. The first-order valence-electron chi connectivity index (χ1n) is 8.81. The van der Waals surface area contributed by atoms with Crippen molar-refractivity contribution in [1.82, 2.24) is 15.5 Å². The van der Waals surface area contributed by atoms with E-state index < -0.39 is 5.60 Å². The number of amides is 1. The molecule has 5 heteroatoms. The third-order valence-corrected chi connectivity index (χ3v) is 4.55. The summed E-state index contributed by atoms with van der Waals surface area (Å²) in [7, 11) is 0. The molecule has 0 bridgehead atoms. The molecule has 0 spiro atoms. The number of nitrogens with one attached hydrogen (secondary N) is 2. The Morgan fingerprint density at radius 1 is 1.18 bits per heavy atom. The molecule has 22 heavy (non-hydrogen) atoms. The summed E-state index contributed by atoms with van der Waals surface area (Å²) >= 11 is 0. The van der Waals surface area contributed by atoms with Crippen LogP contribution < -0.4 is 10.6 Å². The van der Waals surface area contributed by atoms with Crippen molar-refractivity contribution in [2.24, 2.45) is 0 Å². The fraction of sp³-hybridized carbons (Fsp3) is 0.941. The highest BCUT2D eigenvalue weighted by molar-refractivity contribution is 5.68. The Hall–Kier alpha value is -0.810. The van der Waals surface area contributed by atoms with Crippen LogP contribution in [0, 0.1) is 0 Å². The van der Waals surface area contributed by atoms with Crippen LogP contribution in [0.4, 0.5) is 4.79 Å². The van der Waals surface area contributed by atoms with Gasteiger partial charge in [-0.1, -0.05) is 0 Å². The number of piperidine rings is 1. The van der Waals surface area contributed by atoms with E-state index >= 15 is 0 Å². The van der Waals surface area contributed by atoms with Gasteiger partial charge in [0.25, 0.3) is 0 Å². The maximum atomic E-state index is 12.2. The minimum atomic E-state index is -0.417. The van der Waals surface area contributed by atoms with Gasteiger partial charge in [0.2, 0.25) is 0 Å². The number of hydrogen-bond acceptors (Lipinski definition) is 4. The Labute approximate surface area is 135 Å². The van der Waals surface area contributed by atoms with Crippen molar-refractivity contribution in [3.05, 3.63) is 0 Å². The van der Waals surface area contributed by atoms with E-state index in [2.05, 4.69) is 17.6 Å².